The Morgan fingerprint density at radius 1 is 1.43 bits per heavy atom. The highest BCUT2D eigenvalue weighted by atomic mass is 32.2. The Morgan fingerprint density at radius 2 is 2.14 bits per heavy atom. The fraction of sp³-hybridized carbons (Fsp3) is 0.500. The lowest BCUT2D eigenvalue weighted by Crippen LogP contribution is -2.44. The van der Waals surface area contributed by atoms with Crippen LogP contribution in [-0.2, 0) is 10.9 Å². The summed E-state index contributed by atoms with van der Waals surface area (Å²) >= 11 is 1.70. The molecule has 1 heterocycles. The molecule has 1 N–H and O–H groups in total. The van der Waals surface area contributed by atoms with Gasteiger partial charge in [0.05, 0.1) is 16.7 Å². The van der Waals surface area contributed by atoms with Crippen LogP contribution in [0.4, 0.5) is 13.2 Å². The number of benzene rings is 1. The van der Waals surface area contributed by atoms with Crippen molar-refractivity contribution in [2.24, 2.45) is 0 Å². The van der Waals surface area contributed by atoms with E-state index in [0.29, 0.717) is 0 Å². The van der Waals surface area contributed by atoms with Gasteiger partial charge in [-0.3, -0.25) is 4.79 Å². The number of nitrogens with one attached hydrogen (secondary N) is 1. The molecule has 1 aliphatic rings. The zero-order valence-corrected chi connectivity index (χ0v) is 12.3. The SMILES string of the molecule is COC1(CNC(=O)c2ccccc2C(F)(F)F)CCSC1. The predicted molar refractivity (Wildman–Crippen MR) is 75.5 cm³/mol. The summed E-state index contributed by atoms with van der Waals surface area (Å²) in [6.07, 6.45) is -3.77. The summed E-state index contributed by atoms with van der Waals surface area (Å²) in [5, 5.41) is 2.57. The molecule has 0 spiro atoms. The lowest BCUT2D eigenvalue weighted by atomic mass is 10.0. The molecule has 21 heavy (non-hydrogen) atoms. The molecule has 2 rings (SSSR count). The van der Waals surface area contributed by atoms with Crippen LogP contribution >= 0.6 is 11.8 Å². The van der Waals surface area contributed by atoms with Crippen molar-refractivity contribution >= 4 is 17.7 Å². The molecule has 1 aliphatic heterocycles. The molecule has 1 aromatic carbocycles. The minimum absolute atomic E-state index is 0.210. The number of amides is 1. The first-order valence-corrected chi connectivity index (χ1v) is 7.61. The zero-order chi connectivity index (χ0) is 15.5. The Kier molecular flexibility index (Phi) is 4.83. The molecule has 0 radical (unpaired) electrons. The van der Waals surface area contributed by atoms with Crippen LogP contribution < -0.4 is 5.32 Å². The van der Waals surface area contributed by atoms with E-state index in [4.69, 9.17) is 4.74 Å². The quantitative estimate of drug-likeness (QED) is 0.927. The number of rotatable bonds is 4. The Morgan fingerprint density at radius 3 is 2.71 bits per heavy atom. The smallest absolute Gasteiger partial charge is 0.376 e. The summed E-state index contributed by atoms with van der Waals surface area (Å²) in [7, 11) is 1.56. The predicted octanol–water partition coefficient (Wildman–Crippen LogP) is 2.96. The summed E-state index contributed by atoms with van der Waals surface area (Å²) in [6, 6.07) is 4.78. The third-order valence-electron chi connectivity index (χ3n) is 3.55. The van der Waals surface area contributed by atoms with Gasteiger partial charge in [-0.15, -0.1) is 0 Å². The van der Waals surface area contributed by atoms with E-state index < -0.39 is 23.2 Å². The van der Waals surface area contributed by atoms with Crippen LogP contribution in [-0.4, -0.2) is 36.7 Å². The normalized spacial score (nSPS) is 22.3. The molecule has 7 heteroatoms. The van der Waals surface area contributed by atoms with Crippen molar-refractivity contribution in [1.82, 2.24) is 5.32 Å². The number of methoxy groups -OCH3 is 1. The second kappa shape index (κ2) is 6.27. The van der Waals surface area contributed by atoms with Gasteiger partial charge < -0.3 is 10.1 Å². The number of hydrogen-bond donors (Lipinski definition) is 1. The number of halogens is 3. The van der Waals surface area contributed by atoms with Gasteiger partial charge in [0.15, 0.2) is 0 Å². The van der Waals surface area contributed by atoms with Gasteiger partial charge >= 0.3 is 6.18 Å². The Hall–Kier alpha value is -1.21. The average molecular weight is 319 g/mol. The highest BCUT2D eigenvalue weighted by Gasteiger charge is 2.37. The largest absolute Gasteiger partial charge is 0.417 e. The topological polar surface area (TPSA) is 38.3 Å². The molecule has 0 aromatic heterocycles. The molecule has 0 bridgehead atoms. The molecular weight excluding hydrogens is 303 g/mol. The van der Waals surface area contributed by atoms with E-state index >= 15 is 0 Å². The fourth-order valence-electron chi connectivity index (χ4n) is 2.23. The molecule has 1 saturated heterocycles. The average Bonchev–Trinajstić information content (AvgIpc) is 2.93. The van der Waals surface area contributed by atoms with Crippen molar-refractivity contribution in [2.45, 2.75) is 18.2 Å². The highest BCUT2D eigenvalue weighted by Crippen LogP contribution is 2.32. The molecule has 1 atom stereocenters. The molecule has 1 unspecified atom stereocenters. The highest BCUT2D eigenvalue weighted by molar-refractivity contribution is 7.99. The molecule has 1 amide bonds. The summed E-state index contributed by atoms with van der Waals surface area (Å²) in [5.41, 5.74) is -1.76. The second-order valence-electron chi connectivity index (χ2n) is 4.92. The summed E-state index contributed by atoms with van der Waals surface area (Å²) < 4.78 is 44.1. The van der Waals surface area contributed by atoms with Gasteiger partial charge in [0.2, 0.25) is 0 Å². The molecule has 116 valence electrons. The van der Waals surface area contributed by atoms with E-state index in [9.17, 15) is 18.0 Å². The molecule has 0 aliphatic carbocycles. The number of carbonyl (C=O) groups is 1. The van der Waals surface area contributed by atoms with Gasteiger partial charge in [-0.25, -0.2) is 0 Å². The van der Waals surface area contributed by atoms with Crippen LogP contribution in [0.5, 0.6) is 0 Å². The number of thioether (sulfide) groups is 1. The van der Waals surface area contributed by atoms with Crippen LogP contribution in [0.25, 0.3) is 0 Å². The summed E-state index contributed by atoms with van der Waals surface area (Å²) in [6.45, 7) is 0.210. The number of alkyl halides is 3. The van der Waals surface area contributed by atoms with E-state index in [-0.39, 0.29) is 12.1 Å². The van der Waals surface area contributed by atoms with Crippen LogP contribution in [0.1, 0.15) is 22.3 Å². The van der Waals surface area contributed by atoms with E-state index in [1.807, 2.05) is 0 Å². The van der Waals surface area contributed by atoms with Gasteiger partial charge in [0.1, 0.15) is 0 Å². The van der Waals surface area contributed by atoms with Crippen LogP contribution in [0, 0.1) is 0 Å². The van der Waals surface area contributed by atoms with Crippen molar-refractivity contribution in [3.63, 3.8) is 0 Å². The van der Waals surface area contributed by atoms with Crippen LogP contribution in [0.3, 0.4) is 0 Å². The molecular formula is C14H16F3NO2S. The third kappa shape index (κ3) is 3.71. The van der Waals surface area contributed by atoms with Crippen molar-refractivity contribution in [3.8, 4) is 0 Å². The standard InChI is InChI=1S/C14H16F3NO2S/c1-20-13(6-7-21-9-13)8-18-12(19)10-4-2-3-5-11(10)14(15,16)17/h2-5H,6-9H2,1H3,(H,18,19). The van der Waals surface area contributed by atoms with Gasteiger partial charge in [-0.2, -0.15) is 24.9 Å². The first kappa shape index (κ1) is 16.2. The first-order valence-electron chi connectivity index (χ1n) is 6.45. The number of ether oxygens (including phenoxy) is 1. The monoisotopic (exact) mass is 319 g/mol. The Balaban J connectivity index is 2.11. The molecule has 3 nitrogen and oxygen atoms in total. The maximum atomic E-state index is 12.9. The van der Waals surface area contributed by atoms with Crippen LogP contribution in [0.15, 0.2) is 24.3 Å². The molecule has 1 aromatic rings. The Bertz CT molecular complexity index is 513. The molecule has 0 saturated carbocycles. The lowest BCUT2D eigenvalue weighted by molar-refractivity contribution is -0.137. The summed E-state index contributed by atoms with van der Waals surface area (Å²) in [4.78, 5) is 12.1. The van der Waals surface area contributed by atoms with E-state index in [1.165, 1.54) is 18.2 Å². The second-order valence-corrected chi connectivity index (χ2v) is 6.02. The van der Waals surface area contributed by atoms with E-state index in [1.54, 1.807) is 18.9 Å². The first-order chi connectivity index (χ1) is 9.88. The van der Waals surface area contributed by atoms with Crippen molar-refractivity contribution < 1.29 is 22.7 Å². The van der Waals surface area contributed by atoms with Gasteiger partial charge in [-0.1, -0.05) is 12.1 Å². The Labute approximate surface area is 125 Å². The van der Waals surface area contributed by atoms with Crippen LogP contribution in [0.2, 0.25) is 0 Å². The number of hydrogen-bond acceptors (Lipinski definition) is 3. The van der Waals surface area contributed by atoms with E-state index in [0.717, 1.165) is 24.0 Å². The third-order valence-corrected chi connectivity index (χ3v) is 4.77. The maximum Gasteiger partial charge on any atom is 0.417 e. The van der Waals surface area contributed by atoms with Gasteiger partial charge in [0, 0.05) is 19.4 Å². The zero-order valence-electron chi connectivity index (χ0n) is 11.5. The summed E-state index contributed by atoms with van der Waals surface area (Å²) in [5.74, 6) is 0.921. The van der Waals surface area contributed by atoms with Crippen molar-refractivity contribution in [3.05, 3.63) is 35.4 Å². The minimum Gasteiger partial charge on any atom is -0.376 e. The minimum atomic E-state index is -4.55. The van der Waals surface area contributed by atoms with Crippen molar-refractivity contribution in [1.29, 1.82) is 0 Å². The number of carbonyl (C=O) groups excluding carboxylic acids is 1. The van der Waals surface area contributed by atoms with Gasteiger partial charge in [-0.05, 0) is 24.3 Å². The van der Waals surface area contributed by atoms with E-state index in [2.05, 4.69) is 5.32 Å². The van der Waals surface area contributed by atoms with Crippen molar-refractivity contribution in [2.75, 3.05) is 25.2 Å². The maximum absolute atomic E-state index is 12.9. The lowest BCUT2D eigenvalue weighted by Gasteiger charge is -2.27. The van der Waals surface area contributed by atoms with Gasteiger partial charge in [0.25, 0.3) is 5.91 Å². The fourth-order valence-corrected chi connectivity index (χ4v) is 3.62. The molecule has 1 fully saturated rings.